The molecule has 1 heterocycles. The van der Waals surface area contributed by atoms with Crippen molar-refractivity contribution in [3.63, 3.8) is 0 Å². The fraction of sp³-hybridized carbons (Fsp3) is 0.0833. The van der Waals surface area contributed by atoms with Gasteiger partial charge in [-0.3, -0.25) is 0 Å². The molecule has 0 N–H and O–H groups in total. The Labute approximate surface area is 111 Å². The minimum Gasteiger partial charge on any atom is -0.250 e. The first-order valence-electron chi connectivity index (χ1n) is 5.13. The minimum atomic E-state index is -0.333. The molecule has 0 bridgehead atoms. The van der Waals surface area contributed by atoms with Crippen LogP contribution in [0.4, 0.5) is 4.39 Å². The van der Waals surface area contributed by atoms with Crippen LogP contribution in [-0.4, -0.2) is 14.3 Å². The highest BCUT2D eigenvalue weighted by atomic mass is 79.9. The minimum absolute atomic E-state index is 0.0405. The van der Waals surface area contributed by atoms with Crippen LogP contribution in [0, 0.1) is 6.92 Å². The number of benzene rings is 1. The second-order valence-electron chi connectivity index (χ2n) is 3.68. The van der Waals surface area contributed by atoms with Crippen molar-refractivity contribution in [3.8, 4) is 5.69 Å². The Kier molecular flexibility index (Phi) is 3.76. The third-order valence-electron chi connectivity index (χ3n) is 2.35. The van der Waals surface area contributed by atoms with Gasteiger partial charge in [-0.1, -0.05) is 15.9 Å². The van der Waals surface area contributed by atoms with Gasteiger partial charge >= 0.3 is 5.69 Å². The number of halogens is 2. The van der Waals surface area contributed by atoms with Crippen molar-refractivity contribution in [2.45, 2.75) is 6.54 Å². The molecule has 0 aliphatic heterocycles. The zero-order chi connectivity index (χ0) is 13.1. The summed E-state index contributed by atoms with van der Waals surface area (Å²) in [6.45, 7) is 3.50. The summed E-state index contributed by atoms with van der Waals surface area (Å²) in [5.41, 5.74) is 0.558. The molecule has 0 unspecified atom stereocenters. The Morgan fingerprint density at radius 1 is 1.44 bits per heavy atom. The molecule has 0 aliphatic rings. The van der Waals surface area contributed by atoms with Gasteiger partial charge in [0.1, 0.15) is 6.33 Å². The monoisotopic (exact) mass is 310 g/mol. The quantitative estimate of drug-likeness (QED) is 0.874. The summed E-state index contributed by atoms with van der Waals surface area (Å²) in [6.07, 6.45) is 1.77. The molecule has 0 saturated heterocycles. The summed E-state index contributed by atoms with van der Waals surface area (Å²) in [5, 5.41) is 3.91. The predicted molar refractivity (Wildman–Crippen MR) is 70.1 cm³/mol. The zero-order valence-corrected chi connectivity index (χ0v) is 11.0. The molecular weight excluding hydrogens is 301 g/mol. The lowest BCUT2D eigenvalue weighted by Crippen LogP contribution is -2.24. The average molecular weight is 311 g/mol. The topological polar surface area (TPSA) is 39.8 Å². The van der Waals surface area contributed by atoms with Gasteiger partial charge in [-0.2, -0.15) is 5.10 Å². The van der Waals surface area contributed by atoms with Crippen LogP contribution in [0.25, 0.3) is 5.69 Å². The highest BCUT2D eigenvalue weighted by Gasteiger charge is 2.07. The molecule has 1 aromatic heterocycles. The van der Waals surface area contributed by atoms with Gasteiger partial charge in [0, 0.05) is 4.47 Å². The number of hydrogen-bond donors (Lipinski definition) is 0. The van der Waals surface area contributed by atoms with Crippen LogP contribution in [0.15, 0.2) is 51.8 Å². The van der Waals surface area contributed by atoms with Crippen molar-refractivity contribution in [2.75, 3.05) is 0 Å². The predicted octanol–water partition coefficient (Wildman–Crippen LogP) is 2.48. The van der Waals surface area contributed by atoms with E-state index in [1.807, 2.05) is 12.1 Å². The van der Waals surface area contributed by atoms with Gasteiger partial charge in [0.25, 0.3) is 0 Å². The van der Waals surface area contributed by atoms with Crippen molar-refractivity contribution < 1.29 is 4.39 Å². The summed E-state index contributed by atoms with van der Waals surface area (Å²) < 4.78 is 15.7. The fourth-order valence-corrected chi connectivity index (χ4v) is 1.72. The Morgan fingerprint density at radius 3 is 2.72 bits per heavy atom. The van der Waals surface area contributed by atoms with Gasteiger partial charge in [-0.05, 0) is 36.8 Å². The van der Waals surface area contributed by atoms with Crippen LogP contribution in [-0.2, 0) is 6.54 Å². The van der Waals surface area contributed by atoms with Gasteiger partial charge in [0.2, 0.25) is 0 Å². The molecule has 0 amide bonds. The SMILES string of the molecule is [CH2]/C(=C/F)Cn1ncn(-c2ccc(Br)cc2)c1=O. The van der Waals surface area contributed by atoms with Crippen LogP contribution >= 0.6 is 15.9 Å². The lowest BCUT2D eigenvalue weighted by atomic mass is 10.3. The molecule has 0 spiro atoms. The van der Waals surface area contributed by atoms with E-state index in [0.29, 0.717) is 12.0 Å². The molecule has 0 fully saturated rings. The van der Waals surface area contributed by atoms with E-state index in [2.05, 4.69) is 28.0 Å². The summed E-state index contributed by atoms with van der Waals surface area (Å²) in [7, 11) is 0. The largest absolute Gasteiger partial charge is 0.350 e. The lowest BCUT2D eigenvalue weighted by Gasteiger charge is -2.00. The molecule has 0 atom stereocenters. The highest BCUT2D eigenvalue weighted by molar-refractivity contribution is 9.10. The number of hydrogen-bond acceptors (Lipinski definition) is 2. The maximum atomic E-state index is 12.2. The second kappa shape index (κ2) is 5.30. The third-order valence-corrected chi connectivity index (χ3v) is 2.87. The first-order chi connectivity index (χ1) is 8.61. The Morgan fingerprint density at radius 2 is 2.11 bits per heavy atom. The van der Waals surface area contributed by atoms with Crippen molar-refractivity contribution in [1.29, 1.82) is 0 Å². The molecule has 1 radical (unpaired) electrons. The van der Waals surface area contributed by atoms with E-state index in [0.717, 1.165) is 9.15 Å². The first kappa shape index (κ1) is 12.8. The van der Waals surface area contributed by atoms with Gasteiger partial charge in [0.05, 0.1) is 18.6 Å². The maximum Gasteiger partial charge on any atom is 0.350 e. The summed E-state index contributed by atoms with van der Waals surface area (Å²) >= 11 is 3.32. The molecule has 93 valence electrons. The first-order valence-corrected chi connectivity index (χ1v) is 5.92. The average Bonchev–Trinajstić information content (AvgIpc) is 2.72. The second-order valence-corrected chi connectivity index (χ2v) is 4.60. The molecule has 6 heteroatoms. The molecule has 0 saturated carbocycles. The van der Waals surface area contributed by atoms with Crippen molar-refractivity contribution in [1.82, 2.24) is 14.3 Å². The molecule has 2 rings (SSSR count). The molecular formula is C12H10BrFN3O. The van der Waals surface area contributed by atoms with E-state index in [1.165, 1.54) is 10.9 Å². The Bertz CT molecular complexity index is 628. The zero-order valence-electron chi connectivity index (χ0n) is 9.38. The fourth-order valence-electron chi connectivity index (χ4n) is 1.45. The van der Waals surface area contributed by atoms with E-state index < -0.39 is 0 Å². The maximum absolute atomic E-state index is 12.2. The molecule has 2 aromatic rings. The van der Waals surface area contributed by atoms with E-state index in [1.54, 1.807) is 12.1 Å². The number of allylic oxidation sites excluding steroid dienone is 1. The number of rotatable bonds is 3. The van der Waals surface area contributed by atoms with E-state index in [4.69, 9.17) is 0 Å². The van der Waals surface area contributed by atoms with Crippen LogP contribution in [0.5, 0.6) is 0 Å². The Balaban J connectivity index is 2.37. The smallest absolute Gasteiger partial charge is 0.250 e. The normalized spacial score (nSPS) is 11.8. The standard InChI is InChI=1S/C12H10BrFN3O/c1-9(6-14)7-17-12(18)16(8-15-17)11-4-2-10(13)3-5-11/h2-6,8H,1,7H2/b9-6-. The number of nitrogens with zero attached hydrogens (tertiary/aromatic N) is 3. The number of aromatic nitrogens is 3. The van der Waals surface area contributed by atoms with Gasteiger partial charge < -0.3 is 0 Å². The van der Waals surface area contributed by atoms with Crippen molar-refractivity contribution >= 4 is 15.9 Å². The summed E-state index contributed by atoms with van der Waals surface area (Å²) in [4.78, 5) is 12.0. The van der Waals surface area contributed by atoms with Crippen LogP contribution in [0.1, 0.15) is 0 Å². The molecule has 18 heavy (non-hydrogen) atoms. The third kappa shape index (κ3) is 2.59. The summed E-state index contributed by atoms with van der Waals surface area (Å²) in [6, 6.07) is 7.22. The molecule has 0 aliphatic carbocycles. The van der Waals surface area contributed by atoms with E-state index >= 15 is 0 Å². The van der Waals surface area contributed by atoms with Crippen LogP contribution in [0.2, 0.25) is 0 Å². The lowest BCUT2D eigenvalue weighted by molar-refractivity contribution is 0.629. The molecule has 1 aromatic carbocycles. The highest BCUT2D eigenvalue weighted by Crippen LogP contribution is 2.12. The van der Waals surface area contributed by atoms with Gasteiger partial charge in [-0.25, -0.2) is 18.4 Å². The van der Waals surface area contributed by atoms with Crippen LogP contribution < -0.4 is 5.69 Å². The van der Waals surface area contributed by atoms with Crippen LogP contribution in [0.3, 0.4) is 0 Å². The summed E-state index contributed by atoms with van der Waals surface area (Å²) in [5.74, 6) is 0. The van der Waals surface area contributed by atoms with Gasteiger partial charge in [0.15, 0.2) is 0 Å². The Hall–Kier alpha value is -1.69. The van der Waals surface area contributed by atoms with Gasteiger partial charge in [-0.15, -0.1) is 0 Å². The van der Waals surface area contributed by atoms with E-state index in [-0.39, 0.29) is 17.8 Å². The van der Waals surface area contributed by atoms with Crippen molar-refractivity contribution in [2.24, 2.45) is 0 Å². The van der Waals surface area contributed by atoms with E-state index in [9.17, 15) is 9.18 Å². The van der Waals surface area contributed by atoms with Crippen molar-refractivity contribution in [3.05, 3.63) is 64.4 Å². The molecule has 4 nitrogen and oxygen atoms in total.